The molecule has 8 nitrogen and oxygen atoms in total. The number of aromatic nitrogens is 3. The molecule has 0 radical (unpaired) electrons. The lowest BCUT2D eigenvalue weighted by atomic mass is 10.2. The van der Waals surface area contributed by atoms with Gasteiger partial charge in [-0.2, -0.15) is 10.2 Å². The topological polar surface area (TPSA) is 110 Å². The molecule has 0 unspecified atom stereocenters. The van der Waals surface area contributed by atoms with Crippen LogP contribution in [0.25, 0.3) is 11.4 Å². The van der Waals surface area contributed by atoms with E-state index >= 15 is 0 Å². The van der Waals surface area contributed by atoms with Crippen LogP contribution in [-0.2, 0) is 0 Å². The second-order valence-corrected chi connectivity index (χ2v) is 5.23. The third-order valence-corrected chi connectivity index (χ3v) is 3.47. The van der Waals surface area contributed by atoms with E-state index in [1.54, 1.807) is 31.4 Å². The molecule has 0 amide bonds. The Hall–Kier alpha value is -3.70. The van der Waals surface area contributed by atoms with Gasteiger partial charge in [-0.25, -0.2) is 9.97 Å². The minimum Gasteiger partial charge on any atom is -0.493 e. The first kappa shape index (κ1) is 18.1. The van der Waals surface area contributed by atoms with E-state index in [1.165, 1.54) is 12.4 Å². The van der Waals surface area contributed by atoms with Crippen molar-refractivity contribution in [3.8, 4) is 40.6 Å². The number of nitrogens with zero attached hydrogens (tertiary/aromatic N) is 4. The van der Waals surface area contributed by atoms with Gasteiger partial charge in [-0.3, -0.25) is 0 Å². The van der Waals surface area contributed by atoms with Crippen LogP contribution in [0.5, 0.6) is 23.1 Å². The Bertz CT molecular complexity index is 972. The summed E-state index contributed by atoms with van der Waals surface area (Å²) in [7, 11) is 1.54. The summed E-state index contributed by atoms with van der Waals surface area (Å²) in [5, 5.41) is 18.1. The van der Waals surface area contributed by atoms with Gasteiger partial charge in [0, 0.05) is 11.8 Å². The zero-order valence-corrected chi connectivity index (χ0v) is 14.5. The molecule has 0 aliphatic carbocycles. The fraction of sp³-hybridized carbons (Fsp3) is 0.158. The van der Waals surface area contributed by atoms with Crippen molar-refractivity contribution in [2.24, 2.45) is 0 Å². The summed E-state index contributed by atoms with van der Waals surface area (Å²) in [4.78, 5) is 12.6. The van der Waals surface area contributed by atoms with Crippen LogP contribution in [0.15, 0.2) is 48.8 Å². The molecule has 0 spiro atoms. The SMILES string of the molecule is COc1ccccc1Oc1cnc(-c2ccnc(C#N)c2)nc1OCCO. The van der Waals surface area contributed by atoms with Gasteiger partial charge in [-0.1, -0.05) is 12.1 Å². The van der Waals surface area contributed by atoms with Crippen LogP contribution in [-0.4, -0.2) is 40.4 Å². The van der Waals surface area contributed by atoms with E-state index in [0.717, 1.165) is 0 Å². The van der Waals surface area contributed by atoms with E-state index in [2.05, 4.69) is 15.0 Å². The number of rotatable bonds is 7. The molecule has 3 rings (SSSR count). The van der Waals surface area contributed by atoms with Gasteiger partial charge < -0.3 is 19.3 Å². The zero-order chi connectivity index (χ0) is 19.1. The van der Waals surface area contributed by atoms with Crippen molar-refractivity contribution in [3.05, 3.63) is 54.5 Å². The fourth-order valence-corrected chi connectivity index (χ4v) is 2.26. The summed E-state index contributed by atoms with van der Waals surface area (Å²) in [6.07, 6.45) is 2.97. The number of pyridine rings is 1. The summed E-state index contributed by atoms with van der Waals surface area (Å²) in [5.74, 6) is 1.79. The monoisotopic (exact) mass is 364 g/mol. The van der Waals surface area contributed by atoms with Gasteiger partial charge in [0.1, 0.15) is 18.4 Å². The predicted molar refractivity (Wildman–Crippen MR) is 95.6 cm³/mol. The lowest BCUT2D eigenvalue weighted by Crippen LogP contribution is -2.06. The van der Waals surface area contributed by atoms with Crippen LogP contribution < -0.4 is 14.2 Å². The minimum atomic E-state index is -0.179. The first-order chi connectivity index (χ1) is 13.2. The number of hydrogen-bond donors (Lipinski definition) is 1. The van der Waals surface area contributed by atoms with Crippen LogP contribution in [0.3, 0.4) is 0 Å². The number of para-hydroxylation sites is 2. The number of benzene rings is 1. The molecule has 0 atom stereocenters. The average molecular weight is 364 g/mol. The van der Waals surface area contributed by atoms with Gasteiger partial charge >= 0.3 is 0 Å². The summed E-state index contributed by atoms with van der Waals surface area (Å²) in [6.45, 7) is -0.139. The molecule has 0 bridgehead atoms. The molecule has 8 heteroatoms. The summed E-state index contributed by atoms with van der Waals surface area (Å²) < 4.78 is 16.6. The maximum Gasteiger partial charge on any atom is 0.261 e. The van der Waals surface area contributed by atoms with Crippen molar-refractivity contribution < 1.29 is 19.3 Å². The third kappa shape index (κ3) is 4.29. The fourth-order valence-electron chi connectivity index (χ4n) is 2.26. The molecule has 0 aliphatic rings. The standard InChI is InChI=1S/C19H16N4O4/c1-25-15-4-2-3-5-16(15)27-17-12-22-18(23-19(17)26-9-8-24)13-6-7-21-14(10-13)11-20/h2-7,10,12,24H,8-9H2,1H3. The number of aliphatic hydroxyl groups excluding tert-OH is 1. The van der Waals surface area contributed by atoms with E-state index in [9.17, 15) is 0 Å². The van der Waals surface area contributed by atoms with Crippen molar-refractivity contribution in [2.45, 2.75) is 0 Å². The Morgan fingerprint density at radius 2 is 1.93 bits per heavy atom. The van der Waals surface area contributed by atoms with Gasteiger partial charge in [-0.15, -0.1) is 0 Å². The van der Waals surface area contributed by atoms with Gasteiger partial charge in [-0.05, 0) is 24.3 Å². The molecule has 0 saturated heterocycles. The predicted octanol–water partition coefficient (Wildman–Crippen LogP) is 2.58. The average Bonchev–Trinajstić information content (AvgIpc) is 2.73. The lowest BCUT2D eigenvalue weighted by molar-refractivity contribution is 0.192. The van der Waals surface area contributed by atoms with E-state index < -0.39 is 0 Å². The normalized spacial score (nSPS) is 10.1. The Morgan fingerprint density at radius 3 is 2.67 bits per heavy atom. The highest BCUT2D eigenvalue weighted by Crippen LogP contribution is 2.35. The highest BCUT2D eigenvalue weighted by molar-refractivity contribution is 5.58. The first-order valence-electron chi connectivity index (χ1n) is 8.03. The molecule has 0 saturated carbocycles. The van der Waals surface area contributed by atoms with Gasteiger partial charge in [0.15, 0.2) is 17.3 Å². The molecule has 27 heavy (non-hydrogen) atoms. The summed E-state index contributed by atoms with van der Waals surface area (Å²) >= 11 is 0. The van der Waals surface area contributed by atoms with Crippen molar-refractivity contribution in [2.75, 3.05) is 20.3 Å². The molecule has 2 aromatic heterocycles. The second-order valence-electron chi connectivity index (χ2n) is 5.23. The smallest absolute Gasteiger partial charge is 0.261 e. The Morgan fingerprint density at radius 1 is 1.11 bits per heavy atom. The van der Waals surface area contributed by atoms with Crippen LogP contribution in [0.4, 0.5) is 0 Å². The van der Waals surface area contributed by atoms with Crippen LogP contribution in [0.1, 0.15) is 5.69 Å². The third-order valence-electron chi connectivity index (χ3n) is 3.47. The van der Waals surface area contributed by atoms with Crippen molar-refractivity contribution in [1.29, 1.82) is 5.26 Å². The van der Waals surface area contributed by atoms with Crippen molar-refractivity contribution in [1.82, 2.24) is 15.0 Å². The van der Waals surface area contributed by atoms with E-state index in [-0.39, 0.29) is 30.5 Å². The van der Waals surface area contributed by atoms with Crippen LogP contribution in [0, 0.1) is 11.3 Å². The van der Waals surface area contributed by atoms with E-state index in [0.29, 0.717) is 22.9 Å². The summed E-state index contributed by atoms with van der Waals surface area (Å²) in [6, 6.07) is 12.4. The largest absolute Gasteiger partial charge is 0.493 e. The maximum atomic E-state index is 9.07. The number of aliphatic hydroxyl groups is 1. The van der Waals surface area contributed by atoms with E-state index in [4.69, 9.17) is 24.6 Å². The van der Waals surface area contributed by atoms with Gasteiger partial charge in [0.2, 0.25) is 5.75 Å². The number of methoxy groups -OCH3 is 1. The second kappa shape index (κ2) is 8.60. The molecule has 0 fully saturated rings. The molecule has 2 heterocycles. The molecule has 136 valence electrons. The van der Waals surface area contributed by atoms with Crippen molar-refractivity contribution >= 4 is 0 Å². The Kier molecular flexibility index (Phi) is 5.77. The van der Waals surface area contributed by atoms with E-state index in [1.807, 2.05) is 18.2 Å². The Labute approximate surface area is 155 Å². The minimum absolute atomic E-state index is 0.0402. The summed E-state index contributed by atoms with van der Waals surface area (Å²) in [5.41, 5.74) is 0.863. The molecule has 1 aromatic carbocycles. The molecule has 3 aromatic rings. The van der Waals surface area contributed by atoms with Gasteiger partial charge in [0.05, 0.1) is 19.9 Å². The van der Waals surface area contributed by atoms with Gasteiger partial charge in [0.25, 0.3) is 5.88 Å². The molecular formula is C19H16N4O4. The highest BCUT2D eigenvalue weighted by atomic mass is 16.5. The number of nitriles is 1. The maximum absolute atomic E-state index is 9.07. The quantitative estimate of drug-likeness (QED) is 0.681. The van der Waals surface area contributed by atoms with Crippen molar-refractivity contribution in [3.63, 3.8) is 0 Å². The molecule has 0 aliphatic heterocycles. The van der Waals surface area contributed by atoms with Crippen LogP contribution in [0.2, 0.25) is 0 Å². The molecular weight excluding hydrogens is 348 g/mol. The highest BCUT2D eigenvalue weighted by Gasteiger charge is 2.15. The Balaban J connectivity index is 1.97. The van der Waals surface area contributed by atoms with Crippen LogP contribution >= 0.6 is 0 Å². The first-order valence-corrected chi connectivity index (χ1v) is 8.03. The molecule has 1 N–H and O–H groups in total. The zero-order valence-electron chi connectivity index (χ0n) is 14.5. The number of hydrogen-bond acceptors (Lipinski definition) is 8. The number of ether oxygens (including phenoxy) is 3. The lowest BCUT2D eigenvalue weighted by Gasteiger charge is -2.13.